The first kappa shape index (κ1) is 15.2. The number of methoxy groups -OCH3 is 1. The molecule has 1 N–H and O–H groups in total. The molecule has 108 valence electrons. The van der Waals surface area contributed by atoms with Gasteiger partial charge >= 0.3 is 0 Å². The molecular formula is C16H21NO2S. The third kappa shape index (κ3) is 4.40. The Balaban J connectivity index is 1.90. The van der Waals surface area contributed by atoms with Crippen LogP contribution in [0, 0.1) is 0 Å². The van der Waals surface area contributed by atoms with E-state index in [4.69, 9.17) is 4.74 Å². The summed E-state index contributed by atoms with van der Waals surface area (Å²) in [5.41, 5.74) is 2.11. The van der Waals surface area contributed by atoms with Crippen LogP contribution in [0.3, 0.4) is 0 Å². The van der Waals surface area contributed by atoms with E-state index in [1.807, 2.05) is 25.1 Å². The van der Waals surface area contributed by atoms with Crippen LogP contribution in [0.15, 0.2) is 35.7 Å². The summed E-state index contributed by atoms with van der Waals surface area (Å²) >= 11 is 1.61. The van der Waals surface area contributed by atoms with Gasteiger partial charge in [-0.1, -0.05) is 30.3 Å². The average molecular weight is 291 g/mol. The predicted molar refractivity (Wildman–Crippen MR) is 83.0 cm³/mol. The molecule has 0 saturated carbocycles. The fourth-order valence-electron chi connectivity index (χ4n) is 1.99. The molecule has 2 aromatic rings. The van der Waals surface area contributed by atoms with Gasteiger partial charge in [0.15, 0.2) is 0 Å². The standard InChI is InChI=1S/C16H21NO2S/c1-12(19-2)8-9-14(18)10-16-17-15(11-20-16)13-6-4-3-5-7-13/h3-7,11-12,14,18H,8-10H2,1-2H3. The van der Waals surface area contributed by atoms with E-state index in [0.717, 1.165) is 29.1 Å². The molecule has 0 saturated heterocycles. The monoisotopic (exact) mass is 291 g/mol. The maximum Gasteiger partial charge on any atom is 0.0958 e. The molecule has 4 heteroatoms. The highest BCUT2D eigenvalue weighted by Gasteiger charge is 2.11. The van der Waals surface area contributed by atoms with Crippen molar-refractivity contribution in [3.63, 3.8) is 0 Å². The van der Waals surface area contributed by atoms with Gasteiger partial charge in [0.25, 0.3) is 0 Å². The summed E-state index contributed by atoms with van der Waals surface area (Å²) in [5, 5.41) is 13.1. The topological polar surface area (TPSA) is 42.4 Å². The maximum atomic E-state index is 10.0. The van der Waals surface area contributed by atoms with Crippen LogP contribution >= 0.6 is 11.3 Å². The highest BCUT2D eigenvalue weighted by molar-refractivity contribution is 7.09. The summed E-state index contributed by atoms with van der Waals surface area (Å²) in [5.74, 6) is 0. The van der Waals surface area contributed by atoms with Crippen LogP contribution in [0.1, 0.15) is 24.8 Å². The lowest BCUT2D eigenvalue weighted by Gasteiger charge is -2.12. The molecule has 2 rings (SSSR count). The van der Waals surface area contributed by atoms with Gasteiger partial charge in [0.1, 0.15) is 0 Å². The van der Waals surface area contributed by atoms with E-state index in [0.29, 0.717) is 6.42 Å². The summed E-state index contributed by atoms with van der Waals surface area (Å²) in [7, 11) is 1.70. The molecule has 1 heterocycles. The van der Waals surface area contributed by atoms with E-state index in [-0.39, 0.29) is 12.2 Å². The summed E-state index contributed by atoms with van der Waals surface area (Å²) in [6.45, 7) is 2.02. The average Bonchev–Trinajstić information content (AvgIpc) is 2.94. The SMILES string of the molecule is COC(C)CCC(O)Cc1nc(-c2ccccc2)cs1. The highest BCUT2D eigenvalue weighted by Crippen LogP contribution is 2.22. The van der Waals surface area contributed by atoms with Crippen LogP contribution in [0.4, 0.5) is 0 Å². The first-order valence-corrected chi connectivity index (χ1v) is 7.77. The lowest BCUT2D eigenvalue weighted by atomic mass is 10.1. The largest absolute Gasteiger partial charge is 0.393 e. The van der Waals surface area contributed by atoms with Crippen molar-refractivity contribution in [2.75, 3.05) is 7.11 Å². The molecule has 2 atom stereocenters. The van der Waals surface area contributed by atoms with Crippen LogP contribution in [0.25, 0.3) is 11.3 Å². The number of aliphatic hydroxyl groups excluding tert-OH is 1. The van der Waals surface area contributed by atoms with Gasteiger partial charge in [0.05, 0.1) is 22.9 Å². The quantitative estimate of drug-likeness (QED) is 0.848. The van der Waals surface area contributed by atoms with Gasteiger partial charge in [-0.05, 0) is 19.8 Å². The van der Waals surface area contributed by atoms with Crippen LogP contribution in [-0.2, 0) is 11.2 Å². The molecule has 0 aliphatic heterocycles. The van der Waals surface area contributed by atoms with Crippen molar-refractivity contribution in [2.24, 2.45) is 0 Å². The summed E-state index contributed by atoms with van der Waals surface area (Å²) < 4.78 is 5.19. The number of hydrogen-bond donors (Lipinski definition) is 1. The number of benzene rings is 1. The molecule has 3 nitrogen and oxygen atoms in total. The fourth-order valence-corrected chi connectivity index (χ4v) is 2.87. The Labute approximate surface area is 124 Å². The predicted octanol–water partition coefficient (Wildman–Crippen LogP) is 3.53. The van der Waals surface area contributed by atoms with Crippen LogP contribution < -0.4 is 0 Å². The Bertz CT molecular complexity index is 512. The van der Waals surface area contributed by atoms with Gasteiger partial charge in [-0.2, -0.15) is 0 Å². The molecule has 0 fully saturated rings. The van der Waals surface area contributed by atoms with E-state index in [1.54, 1.807) is 18.4 Å². The fraction of sp³-hybridized carbons (Fsp3) is 0.438. The van der Waals surface area contributed by atoms with Gasteiger partial charge < -0.3 is 9.84 Å². The Hall–Kier alpha value is -1.23. The van der Waals surface area contributed by atoms with E-state index in [1.165, 1.54) is 0 Å². The molecule has 0 aliphatic rings. The normalized spacial score (nSPS) is 14.2. The molecule has 1 aromatic heterocycles. The van der Waals surface area contributed by atoms with Crippen molar-refractivity contribution in [2.45, 2.75) is 38.4 Å². The third-order valence-electron chi connectivity index (χ3n) is 3.34. The lowest BCUT2D eigenvalue weighted by Crippen LogP contribution is -2.14. The minimum absolute atomic E-state index is 0.195. The first-order chi connectivity index (χ1) is 9.69. The molecule has 0 spiro atoms. The Morgan fingerprint density at radius 2 is 2.00 bits per heavy atom. The van der Waals surface area contributed by atoms with Crippen molar-refractivity contribution in [3.05, 3.63) is 40.7 Å². The number of ether oxygens (including phenoxy) is 1. The van der Waals surface area contributed by atoms with Gasteiger partial charge in [-0.3, -0.25) is 0 Å². The summed E-state index contributed by atoms with van der Waals surface area (Å²) in [6, 6.07) is 10.1. The zero-order valence-corrected chi connectivity index (χ0v) is 12.8. The molecule has 0 bridgehead atoms. The molecule has 1 aromatic carbocycles. The zero-order valence-electron chi connectivity index (χ0n) is 12.0. The van der Waals surface area contributed by atoms with E-state index < -0.39 is 0 Å². The van der Waals surface area contributed by atoms with Crippen molar-refractivity contribution in [3.8, 4) is 11.3 Å². The van der Waals surface area contributed by atoms with Crippen LogP contribution in [-0.4, -0.2) is 29.4 Å². The van der Waals surface area contributed by atoms with Gasteiger partial charge in [-0.25, -0.2) is 4.98 Å². The number of nitrogens with zero attached hydrogens (tertiary/aromatic N) is 1. The van der Waals surface area contributed by atoms with Gasteiger partial charge in [-0.15, -0.1) is 11.3 Å². The van der Waals surface area contributed by atoms with Crippen molar-refractivity contribution >= 4 is 11.3 Å². The molecule has 20 heavy (non-hydrogen) atoms. The second-order valence-electron chi connectivity index (χ2n) is 4.97. The minimum atomic E-state index is -0.345. The van der Waals surface area contributed by atoms with E-state index in [9.17, 15) is 5.11 Å². The molecule has 0 amide bonds. The summed E-state index contributed by atoms with van der Waals surface area (Å²) in [4.78, 5) is 4.60. The van der Waals surface area contributed by atoms with Crippen LogP contribution in [0.2, 0.25) is 0 Å². The van der Waals surface area contributed by atoms with E-state index in [2.05, 4.69) is 22.5 Å². The van der Waals surface area contributed by atoms with Crippen molar-refractivity contribution in [1.82, 2.24) is 4.98 Å². The van der Waals surface area contributed by atoms with Gasteiger partial charge in [0, 0.05) is 24.5 Å². The Kier molecular flexibility index (Phi) is 5.71. The smallest absolute Gasteiger partial charge is 0.0958 e. The number of aliphatic hydroxyl groups is 1. The Morgan fingerprint density at radius 1 is 1.25 bits per heavy atom. The highest BCUT2D eigenvalue weighted by atomic mass is 32.1. The Morgan fingerprint density at radius 3 is 2.70 bits per heavy atom. The molecule has 2 unspecified atom stereocenters. The number of rotatable bonds is 7. The van der Waals surface area contributed by atoms with Crippen molar-refractivity contribution < 1.29 is 9.84 Å². The number of hydrogen-bond acceptors (Lipinski definition) is 4. The number of aromatic nitrogens is 1. The van der Waals surface area contributed by atoms with Gasteiger partial charge in [0.2, 0.25) is 0 Å². The van der Waals surface area contributed by atoms with Crippen molar-refractivity contribution in [1.29, 1.82) is 0 Å². The second kappa shape index (κ2) is 7.53. The van der Waals surface area contributed by atoms with E-state index >= 15 is 0 Å². The maximum absolute atomic E-state index is 10.0. The third-order valence-corrected chi connectivity index (χ3v) is 4.21. The zero-order chi connectivity index (χ0) is 14.4. The summed E-state index contributed by atoms with van der Waals surface area (Å²) in [6.07, 6.45) is 2.08. The first-order valence-electron chi connectivity index (χ1n) is 6.89. The number of thiazole rings is 1. The molecular weight excluding hydrogens is 270 g/mol. The molecule has 0 radical (unpaired) electrons. The lowest BCUT2D eigenvalue weighted by molar-refractivity contribution is 0.0851. The minimum Gasteiger partial charge on any atom is -0.393 e. The molecule has 0 aliphatic carbocycles. The van der Waals surface area contributed by atoms with Crippen LogP contribution in [0.5, 0.6) is 0 Å². The second-order valence-corrected chi connectivity index (χ2v) is 5.92.